The zero-order valence-electron chi connectivity index (χ0n) is 10.2. The van der Waals surface area contributed by atoms with E-state index < -0.39 is 25.9 Å². The fourth-order valence-electron chi connectivity index (χ4n) is 1.71. The molecule has 1 unspecified atom stereocenters. The SMILES string of the molecule is Nc1nc(F)nc2c1ncn2CC(O)CCP(=O)(O)O. The van der Waals surface area contributed by atoms with E-state index in [4.69, 9.17) is 15.5 Å². The largest absolute Gasteiger partial charge is 0.391 e. The third kappa shape index (κ3) is 3.48. The maximum absolute atomic E-state index is 13.1. The number of imidazole rings is 1. The van der Waals surface area contributed by atoms with E-state index in [0.29, 0.717) is 0 Å². The molecule has 1 atom stereocenters. The minimum Gasteiger partial charge on any atom is -0.391 e. The predicted octanol–water partition coefficient (Wildman–Crippen LogP) is -0.524. The van der Waals surface area contributed by atoms with E-state index in [1.54, 1.807) is 0 Å². The van der Waals surface area contributed by atoms with Gasteiger partial charge in [0.1, 0.15) is 5.52 Å². The van der Waals surface area contributed by atoms with E-state index in [1.807, 2.05) is 0 Å². The molecule has 0 aliphatic rings. The number of hydrogen-bond donors (Lipinski definition) is 4. The summed E-state index contributed by atoms with van der Waals surface area (Å²) < 4.78 is 25.2. The van der Waals surface area contributed by atoms with Crippen LogP contribution in [0.4, 0.5) is 10.2 Å². The van der Waals surface area contributed by atoms with Gasteiger partial charge in [0.2, 0.25) is 0 Å². The molecule has 0 aromatic carbocycles. The highest BCUT2D eigenvalue weighted by molar-refractivity contribution is 7.51. The lowest BCUT2D eigenvalue weighted by molar-refractivity contribution is 0.149. The number of aromatic nitrogens is 4. The van der Waals surface area contributed by atoms with Crippen molar-refractivity contribution in [3.05, 3.63) is 12.4 Å². The molecule has 2 aromatic heterocycles. The van der Waals surface area contributed by atoms with E-state index in [0.717, 1.165) is 0 Å². The van der Waals surface area contributed by atoms with Crippen LogP contribution in [-0.2, 0) is 11.1 Å². The summed E-state index contributed by atoms with van der Waals surface area (Å²) in [6.07, 6.45) is -1.28. The van der Waals surface area contributed by atoms with Gasteiger partial charge in [0, 0.05) is 0 Å². The minimum absolute atomic E-state index is 0.0353. The van der Waals surface area contributed by atoms with Crippen LogP contribution in [0.15, 0.2) is 6.33 Å². The van der Waals surface area contributed by atoms with Crippen LogP contribution in [0, 0.1) is 6.08 Å². The molecule has 0 saturated carbocycles. The van der Waals surface area contributed by atoms with Gasteiger partial charge in [-0.15, -0.1) is 0 Å². The lowest BCUT2D eigenvalue weighted by Gasteiger charge is -2.12. The van der Waals surface area contributed by atoms with Crippen molar-refractivity contribution >= 4 is 24.6 Å². The molecule has 2 heterocycles. The summed E-state index contributed by atoms with van der Waals surface area (Å²) in [5.41, 5.74) is 5.80. The Morgan fingerprint density at radius 3 is 2.80 bits per heavy atom. The topological polar surface area (TPSA) is 147 Å². The van der Waals surface area contributed by atoms with Gasteiger partial charge in [-0.2, -0.15) is 14.4 Å². The van der Waals surface area contributed by atoms with Crippen molar-refractivity contribution in [3.63, 3.8) is 0 Å². The second-order valence-electron chi connectivity index (χ2n) is 4.28. The average molecular weight is 305 g/mol. The maximum Gasteiger partial charge on any atom is 0.325 e. The Balaban J connectivity index is 2.16. The standard InChI is InChI=1S/C9H13FN5O4P/c10-9-13-7(11)6-8(14-9)15(4-12-6)3-5(16)1-2-20(17,18)19/h4-5,16H,1-3H2,(H2,11,13,14)(H2,17,18,19). The van der Waals surface area contributed by atoms with Crippen LogP contribution >= 0.6 is 7.60 Å². The number of nitrogens with two attached hydrogens (primary N) is 1. The molecule has 0 amide bonds. The highest BCUT2D eigenvalue weighted by atomic mass is 31.2. The van der Waals surface area contributed by atoms with Crippen molar-refractivity contribution in [3.8, 4) is 0 Å². The fraction of sp³-hybridized carbons (Fsp3) is 0.444. The molecule has 110 valence electrons. The third-order valence-corrected chi connectivity index (χ3v) is 3.47. The number of halogens is 1. The first kappa shape index (κ1) is 14.8. The second-order valence-corrected chi connectivity index (χ2v) is 6.05. The van der Waals surface area contributed by atoms with Gasteiger partial charge in [-0.1, -0.05) is 0 Å². The Labute approximate surface area is 112 Å². The Morgan fingerprint density at radius 1 is 1.45 bits per heavy atom. The van der Waals surface area contributed by atoms with Gasteiger partial charge in [-0.3, -0.25) is 4.57 Å². The number of hydrogen-bond acceptors (Lipinski definition) is 6. The summed E-state index contributed by atoms with van der Waals surface area (Å²) in [7, 11) is -4.16. The van der Waals surface area contributed by atoms with Crippen LogP contribution in [0.5, 0.6) is 0 Å². The molecule has 20 heavy (non-hydrogen) atoms. The van der Waals surface area contributed by atoms with E-state index >= 15 is 0 Å². The predicted molar refractivity (Wildman–Crippen MR) is 67.2 cm³/mol. The molecule has 0 spiro atoms. The van der Waals surface area contributed by atoms with Crippen molar-refractivity contribution in [2.75, 3.05) is 11.9 Å². The molecule has 9 nitrogen and oxygen atoms in total. The van der Waals surface area contributed by atoms with E-state index in [2.05, 4.69) is 15.0 Å². The number of aliphatic hydroxyl groups excluding tert-OH is 1. The molecule has 11 heteroatoms. The summed E-state index contributed by atoms with van der Waals surface area (Å²) >= 11 is 0. The number of aliphatic hydroxyl groups is 1. The lowest BCUT2D eigenvalue weighted by Crippen LogP contribution is -2.17. The molecule has 2 aromatic rings. The normalized spacial score (nSPS) is 13.8. The van der Waals surface area contributed by atoms with E-state index in [1.165, 1.54) is 10.9 Å². The van der Waals surface area contributed by atoms with E-state index in [9.17, 15) is 14.1 Å². The number of nitrogen functional groups attached to an aromatic ring is 1. The molecule has 0 radical (unpaired) electrons. The highest BCUT2D eigenvalue weighted by Gasteiger charge is 2.18. The van der Waals surface area contributed by atoms with Gasteiger partial charge in [-0.05, 0) is 6.42 Å². The zero-order chi connectivity index (χ0) is 14.9. The Hall–Kier alpha value is -1.61. The molecule has 0 bridgehead atoms. The van der Waals surface area contributed by atoms with Crippen LogP contribution in [0.25, 0.3) is 11.2 Å². The first-order chi connectivity index (χ1) is 9.26. The lowest BCUT2D eigenvalue weighted by atomic mass is 10.3. The van der Waals surface area contributed by atoms with Crippen LogP contribution in [-0.4, -0.2) is 46.7 Å². The number of anilines is 1. The van der Waals surface area contributed by atoms with Crippen LogP contribution in [0.2, 0.25) is 0 Å². The maximum atomic E-state index is 13.1. The van der Waals surface area contributed by atoms with Gasteiger partial charge in [0.05, 0.1) is 25.1 Å². The molecule has 5 N–H and O–H groups in total. The monoisotopic (exact) mass is 305 g/mol. The quantitative estimate of drug-likeness (QED) is 0.426. The van der Waals surface area contributed by atoms with Gasteiger partial charge in [0.25, 0.3) is 0 Å². The van der Waals surface area contributed by atoms with Gasteiger partial charge >= 0.3 is 13.7 Å². The minimum atomic E-state index is -4.16. The first-order valence-electron chi connectivity index (χ1n) is 5.63. The van der Waals surface area contributed by atoms with Crippen molar-refractivity contribution in [2.45, 2.75) is 19.1 Å². The molecule has 0 aliphatic carbocycles. The summed E-state index contributed by atoms with van der Waals surface area (Å²) in [6, 6.07) is 0. The van der Waals surface area contributed by atoms with Crippen molar-refractivity contribution in [1.29, 1.82) is 0 Å². The Kier molecular flexibility index (Phi) is 4.00. The Bertz CT molecular complexity index is 672. The first-order valence-corrected chi connectivity index (χ1v) is 7.42. The molecular weight excluding hydrogens is 292 g/mol. The summed E-state index contributed by atoms with van der Waals surface area (Å²) in [5.74, 6) is -0.115. The second kappa shape index (κ2) is 5.41. The summed E-state index contributed by atoms with van der Waals surface area (Å²) in [5, 5.41) is 9.72. The molecule has 0 saturated heterocycles. The Morgan fingerprint density at radius 2 is 2.15 bits per heavy atom. The third-order valence-electron chi connectivity index (χ3n) is 2.62. The average Bonchev–Trinajstić information content (AvgIpc) is 2.69. The van der Waals surface area contributed by atoms with E-state index in [-0.39, 0.29) is 29.9 Å². The molecule has 0 fully saturated rings. The van der Waals surface area contributed by atoms with Crippen molar-refractivity contribution < 1.29 is 23.8 Å². The van der Waals surface area contributed by atoms with Gasteiger partial charge in [0.15, 0.2) is 11.5 Å². The molecule has 0 aliphatic heterocycles. The molecular formula is C9H13FN5O4P. The number of fused-ring (bicyclic) bond motifs is 1. The molecule has 2 rings (SSSR count). The van der Waals surface area contributed by atoms with Gasteiger partial charge < -0.3 is 25.2 Å². The zero-order valence-corrected chi connectivity index (χ0v) is 11.1. The van der Waals surface area contributed by atoms with Crippen molar-refractivity contribution in [1.82, 2.24) is 19.5 Å². The fourth-order valence-corrected chi connectivity index (χ4v) is 2.34. The van der Waals surface area contributed by atoms with Crippen LogP contribution in [0.3, 0.4) is 0 Å². The highest BCUT2D eigenvalue weighted by Crippen LogP contribution is 2.35. The van der Waals surface area contributed by atoms with Crippen molar-refractivity contribution in [2.24, 2.45) is 0 Å². The summed E-state index contributed by atoms with van der Waals surface area (Å²) in [4.78, 5) is 28.2. The summed E-state index contributed by atoms with van der Waals surface area (Å²) in [6.45, 7) is -0.0353. The number of nitrogens with zero attached hydrogens (tertiary/aromatic N) is 4. The van der Waals surface area contributed by atoms with Crippen LogP contribution < -0.4 is 5.73 Å². The number of rotatable bonds is 5. The van der Waals surface area contributed by atoms with Crippen LogP contribution in [0.1, 0.15) is 6.42 Å². The van der Waals surface area contributed by atoms with Gasteiger partial charge in [-0.25, -0.2) is 4.98 Å². The smallest absolute Gasteiger partial charge is 0.325 e.